The van der Waals surface area contributed by atoms with Crippen LogP contribution in [0.3, 0.4) is 0 Å². The molecule has 0 radical (unpaired) electrons. The number of fused-ring (bicyclic) bond motifs is 1. The lowest BCUT2D eigenvalue weighted by molar-refractivity contribution is -0.0661. The molecular formula is C23H30N2O4. The number of hydrogen-bond acceptors (Lipinski definition) is 6. The number of ketones is 2. The van der Waals surface area contributed by atoms with Crippen LogP contribution in [-0.4, -0.2) is 78.5 Å². The predicted molar refractivity (Wildman–Crippen MR) is 110 cm³/mol. The summed E-state index contributed by atoms with van der Waals surface area (Å²) in [5, 5.41) is 0. The highest BCUT2D eigenvalue weighted by atomic mass is 16.5. The van der Waals surface area contributed by atoms with Crippen molar-refractivity contribution in [2.24, 2.45) is 0 Å². The van der Waals surface area contributed by atoms with E-state index < -0.39 is 0 Å². The first-order valence-electron chi connectivity index (χ1n) is 10.5. The van der Waals surface area contributed by atoms with E-state index in [2.05, 4.69) is 9.80 Å². The van der Waals surface area contributed by atoms with Crippen LogP contribution in [0.1, 0.15) is 48.4 Å². The van der Waals surface area contributed by atoms with Crippen LogP contribution in [0.4, 0.5) is 0 Å². The first-order chi connectivity index (χ1) is 13.8. The molecule has 0 saturated carbocycles. The van der Waals surface area contributed by atoms with Gasteiger partial charge in [0.2, 0.25) is 5.78 Å². The molecule has 6 heteroatoms. The SMILES string of the molecule is CC1CN(CC2=C(N3CC(C)OC(C)C3)C(=O)c3ccccc3C2=O)CC(C)O1. The molecular weight excluding hydrogens is 368 g/mol. The molecule has 0 N–H and O–H groups in total. The topological polar surface area (TPSA) is 59.1 Å². The Hall–Kier alpha value is -2.02. The zero-order chi connectivity index (χ0) is 20.7. The van der Waals surface area contributed by atoms with E-state index in [4.69, 9.17) is 9.47 Å². The first kappa shape index (κ1) is 20.3. The highest BCUT2D eigenvalue weighted by Crippen LogP contribution is 2.31. The Morgan fingerprint density at radius 1 is 0.793 bits per heavy atom. The summed E-state index contributed by atoms with van der Waals surface area (Å²) in [5.41, 5.74) is 2.19. The Kier molecular flexibility index (Phi) is 5.60. The second-order valence-electron chi connectivity index (χ2n) is 8.64. The fourth-order valence-electron chi connectivity index (χ4n) is 4.89. The molecule has 1 aromatic carbocycles. The summed E-state index contributed by atoms with van der Waals surface area (Å²) < 4.78 is 11.7. The maximum atomic E-state index is 13.5. The minimum atomic E-state index is -0.0501. The molecule has 2 aliphatic heterocycles. The van der Waals surface area contributed by atoms with Crippen molar-refractivity contribution in [3.8, 4) is 0 Å². The summed E-state index contributed by atoms with van der Waals surface area (Å²) in [6.07, 6.45) is 0.229. The van der Waals surface area contributed by atoms with E-state index in [1.807, 2.05) is 39.8 Å². The number of rotatable bonds is 3. The van der Waals surface area contributed by atoms with Gasteiger partial charge < -0.3 is 14.4 Å². The Bertz CT molecular complexity index is 829. The Morgan fingerprint density at radius 3 is 1.83 bits per heavy atom. The summed E-state index contributed by atoms with van der Waals surface area (Å²) >= 11 is 0. The van der Waals surface area contributed by atoms with Crippen molar-refractivity contribution in [2.45, 2.75) is 52.1 Å². The summed E-state index contributed by atoms with van der Waals surface area (Å²) in [7, 11) is 0. The number of allylic oxidation sites excluding steroid dienone is 1. The van der Waals surface area contributed by atoms with Gasteiger partial charge in [-0.2, -0.15) is 0 Å². The van der Waals surface area contributed by atoms with Gasteiger partial charge in [0.1, 0.15) is 0 Å². The van der Waals surface area contributed by atoms with Gasteiger partial charge in [0.05, 0.1) is 30.1 Å². The highest BCUT2D eigenvalue weighted by molar-refractivity contribution is 6.26. The van der Waals surface area contributed by atoms with Gasteiger partial charge in [0.25, 0.3) is 0 Å². The maximum Gasteiger partial charge on any atom is 0.210 e. The largest absolute Gasteiger partial charge is 0.373 e. The number of benzene rings is 1. The van der Waals surface area contributed by atoms with E-state index in [0.717, 1.165) is 13.1 Å². The lowest BCUT2D eigenvalue weighted by Gasteiger charge is -2.41. The number of hydrogen-bond donors (Lipinski definition) is 0. The zero-order valence-electron chi connectivity index (χ0n) is 17.7. The molecule has 4 unspecified atom stereocenters. The van der Waals surface area contributed by atoms with Crippen LogP contribution in [-0.2, 0) is 9.47 Å². The molecule has 0 spiro atoms. The minimum Gasteiger partial charge on any atom is -0.373 e. The molecule has 3 aliphatic rings. The van der Waals surface area contributed by atoms with E-state index in [1.165, 1.54) is 0 Å². The van der Waals surface area contributed by atoms with Crippen molar-refractivity contribution < 1.29 is 19.1 Å². The molecule has 1 aromatic rings. The molecule has 6 nitrogen and oxygen atoms in total. The van der Waals surface area contributed by atoms with Crippen LogP contribution in [0, 0.1) is 0 Å². The Morgan fingerprint density at radius 2 is 1.28 bits per heavy atom. The second kappa shape index (κ2) is 8.01. The molecule has 156 valence electrons. The Labute approximate surface area is 172 Å². The van der Waals surface area contributed by atoms with Crippen molar-refractivity contribution in [3.05, 3.63) is 46.7 Å². The number of Topliss-reactive ketones (excluding diaryl/α,β-unsaturated/α-hetero) is 2. The van der Waals surface area contributed by atoms with E-state index in [1.54, 1.807) is 12.1 Å². The van der Waals surface area contributed by atoms with Crippen molar-refractivity contribution in [1.82, 2.24) is 9.80 Å². The van der Waals surface area contributed by atoms with Crippen LogP contribution in [0.5, 0.6) is 0 Å². The van der Waals surface area contributed by atoms with Crippen LogP contribution in [0.25, 0.3) is 0 Å². The smallest absolute Gasteiger partial charge is 0.210 e. The number of morpholine rings is 2. The average Bonchev–Trinajstić information content (AvgIpc) is 2.64. The number of nitrogens with zero attached hydrogens (tertiary/aromatic N) is 2. The molecule has 4 rings (SSSR count). The second-order valence-corrected chi connectivity index (χ2v) is 8.64. The van der Waals surface area contributed by atoms with Gasteiger partial charge in [-0.1, -0.05) is 24.3 Å². The lowest BCUT2D eigenvalue weighted by atomic mass is 9.85. The van der Waals surface area contributed by atoms with E-state index in [9.17, 15) is 9.59 Å². The quantitative estimate of drug-likeness (QED) is 0.780. The third-order valence-electron chi connectivity index (χ3n) is 5.80. The van der Waals surface area contributed by atoms with E-state index in [-0.39, 0.29) is 36.0 Å². The van der Waals surface area contributed by atoms with Crippen LogP contribution >= 0.6 is 0 Å². The predicted octanol–water partition coefficient (Wildman–Crippen LogP) is 2.54. The van der Waals surface area contributed by atoms with Gasteiger partial charge in [-0.3, -0.25) is 14.5 Å². The maximum absolute atomic E-state index is 13.5. The monoisotopic (exact) mass is 398 g/mol. The molecule has 2 heterocycles. The molecule has 29 heavy (non-hydrogen) atoms. The summed E-state index contributed by atoms with van der Waals surface area (Å²) in [6, 6.07) is 7.17. The van der Waals surface area contributed by atoms with Gasteiger partial charge >= 0.3 is 0 Å². The standard InChI is InChI=1S/C23H30N2O4/c1-14-9-24(10-15(2)28-14)13-20-21(25-11-16(3)29-17(4)12-25)23(27)19-8-6-5-7-18(19)22(20)26/h5-8,14-17H,9-13H2,1-4H3. The van der Waals surface area contributed by atoms with Gasteiger partial charge in [-0.05, 0) is 27.7 Å². The van der Waals surface area contributed by atoms with Crippen molar-refractivity contribution in [2.75, 3.05) is 32.7 Å². The normalized spacial score (nSPS) is 31.2. The first-order valence-corrected chi connectivity index (χ1v) is 10.5. The molecule has 0 amide bonds. The third-order valence-corrected chi connectivity index (χ3v) is 5.80. The molecule has 4 atom stereocenters. The van der Waals surface area contributed by atoms with E-state index in [0.29, 0.717) is 42.0 Å². The number of carbonyl (C=O) groups excluding carboxylic acids is 2. The molecule has 0 aromatic heterocycles. The number of carbonyl (C=O) groups is 2. The summed E-state index contributed by atoms with van der Waals surface area (Å²) in [4.78, 5) is 31.3. The minimum absolute atomic E-state index is 0.0102. The lowest BCUT2D eigenvalue weighted by Crippen LogP contribution is -2.50. The van der Waals surface area contributed by atoms with Crippen LogP contribution < -0.4 is 0 Å². The highest BCUT2D eigenvalue weighted by Gasteiger charge is 2.38. The summed E-state index contributed by atoms with van der Waals surface area (Å²) in [5.74, 6) is -0.0837. The molecule has 2 fully saturated rings. The fraction of sp³-hybridized carbons (Fsp3) is 0.565. The van der Waals surface area contributed by atoms with Gasteiger partial charge in [-0.25, -0.2) is 0 Å². The molecule has 0 bridgehead atoms. The fourth-order valence-corrected chi connectivity index (χ4v) is 4.89. The van der Waals surface area contributed by atoms with Crippen molar-refractivity contribution in [1.29, 1.82) is 0 Å². The van der Waals surface area contributed by atoms with E-state index >= 15 is 0 Å². The van der Waals surface area contributed by atoms with Crippen LogP contribution in [0.15, 0.2) is 35.5 Å². The number of ether oxygens (including phenoxy) is 2. The zero-order valence-corrected chi connectivity index (χ0v) is 17.7. The third kappa shape index (κ3) is 4.02. The molecule has 2 saturated heterocycles. The van der Waals surface area contributed by atoms with Crippen LogP contribution in [0.2, 0.25) is 0 Å². The molecule has 1 aliphatic carbocycles. The van der Waals surface area contributed by atoms with Crippen molar-refractivity contribution in [3.63, 3.8) is 0 Å². The Balaban J connectivity index is 1.74. The van der Waals surface area contributed by atoms with Crippen molar-refractivity contribution >= 4 is 11.6 Å². The summed E-state index contributed by atoms with van der Waals surface area (Å²) in [6.45, 7) is 11.3. The van der Waals surface area contributed by atoms with Gasteiger partial charge in [-0.15, -0.1) is 0 Å². The van der Waals surface area contributed by atoms with Gasteiger partial charge in [0.15, 0.2) is 5.78 Å². The van der Waals surface area contributed by atoms with Gasteiger partial charge in [0, 0.05) is 49.4 Å². The average molecular weight is 399 g/mol.